The molecule has 1 aliphatic heterocycles. The summed E-state index contributed by atoms with van der Waals surface area (Å²) >= 11 is 0. The summed E-state index contributed by atoms with van der Waals surface area (Å²) in [5, 5.41) is 11.6. The topological polar surface area (TPSA) is 52.6 Å². The summed E-state index contributed by atoms with van der Waals surface area (Å²) in [4.78, 5) is 12.7. The fourth-order valence-corrected chi connectivity index (χ4v) is 1.28. The Kier molecular flexibility index (Phi) is 2.70. The molecule has 4 heteroatoms. The van der Waals surface area contributed by atoms with Crippen LogP contribution in [0, 0.1) is 0 Å². The third-order valence-electron chi connectivity index (χ3n) is 2.01. The second kappa shape index (κ2) is 3.57. The molecule has 0 saturated carbocycles. The Morgan fingerprint density at radius 3 is 2.91 bits per heavy atom. The second-order valence-corrected chi connectivity index (χ2v) is 2.67. The molecular formula is C7H14N2O2. The minimum atomic E-state index is -0.0501. The molecule has 0 spiro atoms. The predicted molar refractivity (Wildman–Crippen MR) is 41.3 cm³/mol. The van der Waals surface area contributed by atoms with Crippen LogP contribution < -0.4 is 5.32 Å². The van der Waals surface area contributed by atoms with Crippen LogP contribution in [0.5, 0.6) is 0 Å². The molecule has 0 aromatic carbocycles. The highest BCUT2D eigenvalue weighted by Crippen LogP contribution is 2.06. The summed E-state index contributed by atoms with van der Waals surface area (Å²) in [7, 11) is 0. The van der Waals surface area contributed by atoms with Crippen LogP contribution in [0.15, 0.2) is 0 Å². The summed E-state index contributed by atoms with van der Waals surface area (Å²) in [5.74, 6) is 0. The van der Waals surface area contributed by atoms with Crippen molar-refractivity contribution < 1.29 is 9.90 Å². The fraction of sp³-hybridized carbons (Fsp3) is 0.857. The molecule has 1 atom stereocenters. The van der Waals surface area contributed by atoms with Crippen LogP contribution in [0.4, 0.5) is 4.79 Å². The van der Waals surface area contributed by atoms with E-state index in [0.29, 0.717) is 6.54 Å². The predicted octanol–water partition coefficient (Wildman–Crippen LogP) is -0.217. The van der Waals surface area contributed by atoms with Gasteiger partial charge >= 0.3 is 6.03 Å². The number of carbonyl (C=O) groups excluding carboxylic acids is 1. The van der Waals surface area contributed by atoms with Crippen molar-refractivity contribution in [1.29, 1.82) is 0 Å². The van der Waals surface area contributed by atoms with Gasteiger partial charge in [0.2, 0.25) is 0 Å². The maximum Gasteiger partial charge on any atom is 0.317 e. The Labute approximate surface area is 66.2 Å². The Bertz CT molecular complexity index is 145. The van der Waals surface area contributed by atoms with Crippen molar-refractivity contribution in [2.75, 3.05) is 19.7 Å². The van der Waals surface area contributed by atoms with E-state index < -0.39 is 0 Å². The van der Waals surface area contributed by atoms with Crippen molar-refractivity contribution in [3.05, 3.63) is 0 Å². The number of hydrogen-bond donors (Lipinski definition) is 2. The van der Waals surface area contributed by atoms with Crippen LogP contribution in [-0.2, 0) is 0 Å². The minimum Gasteiger partial charge on any atom is -0.394 e. The molecule has 0 aliphatic carbocycles. The molecule has 1 saturated heterocycles. The van der Waals surface area contributed by atoms with Gasteiger partial charge in [0.05, 0.1) is 12.6 Å². The number of rotatable bonds is 3. The molecule has 1 aliphatic rings. The monoisotopic (exact) mass is 158 g/mol. The highest BCUT2D eigenvalue weighted by molar-refractivity contribution is 5.76. The number of urea groups is 1. The fourth-order valence-electron chi connectivity index (χ4n) is 1.28. The molecule has 0 bridgehead atoms. The van der Waals surface area contributed by atoms with Gasteiger partial charge in [-0.3, -0.25) is 0 Å². The van der Waals surface area contributed by atoms with Gasteiger partial charge < -0.3 is 15.3 Å². The average molecular weight is 158 g/mol. The van der Waals surface area contributed by atoms with E-state index in [-0.39, 0.29) is 18.7 Å². The van der Waals surface area contributed by atoms with E-state index in [1.54, 1.807) is 4.90 Å². The third-order valence-corrected chi connectivity index (χ3v) is 2.01. The summed E-state index contributed by atoms with van der Waals surface area (Å²) in [6.07, 6.45) is 0.809. The number of aliphatic hydroxyl groups is 1. The highest BCUT2D eigenvalue weighted by Gasteiger charge is 2.25. The molecule has 11 heavy (non-hydrogen) atoms. The molecule has 1 fully saturated rings. The maximum absolute atomic E-state index is 11.0. The lowest BCUT2D eigenvalue weighted by molar-refractivity contribution is 0.149. The lowest BCUT2D eigenvalue weighted by Gasteiger charge is -2.23. The zero-order valence-electron chi connectivity index (χ0n) is 6.71. The van der Waals surface area contributed by atoms with Gasteiger partial charge in [-0.25, -0.2) is 4.79 Å². The Hall–Kier alpha value is -0.770. The van der Waals surface area contributed by atoms with Crippen molar-refractivity contribution >= 4 is 6.03 Å². The van der Waals surface area contributed by atoms with Crippen molar-refractivity contribution in [2.24, 2.45) is 0 Å². The smallest absolute Gasteiger partial charge is 0.317 e. The zero-order valence-corrected chi connectivity index (χ0v) is 6.71. The van der Waals surface area contributed by atoms with E-state index in [1.165, 1.54) is 0 Å². The first-order valence-electron chi connectivity index (χ1n) is 3.95. The molecular weight excluding hydrogens is 144 g/mol. The van der Waals surface area contributed by atoms with E-state index in [1.807, 2.05) is 6.92 Å². The SMILES string of the molecule is CC[C@@H](CO)N1CCNC1=O. The molecule has 0 radical (unpaired) electrons. The molecule has 0 aromatic rings. The maximum atomic E-state index is 11.0. The summed E-state index contributed by atoms with van der Waals surface area (Å²) in [6, 6.07) is -0.0524. The second-order valence-electron chi connectivity index (χ2n) is 2.67. The lowest BCUT2D eigenvalue weighted by Crippen LogP contribution is -2.39. The average Bonchev–Trinajstić information content (AvgIpc) is 2.40. The van der Waals surface area contributed by atoms with Crippen LogP contribution in [0.1, 0.15) is 13.3 Å². The molecule has 1 rings (SSSR count). The van der Waals surface area contributed by atoms with Crippen LogP contribution >= 0.6 is 0 Å². The van der Waals surface area contributed by atoms with Gasteiger partial charge in [0, 0.05) is 13.1 Å². The van der Waals surface area contributed by atoms with Crippen molar-refractivity contribution in [2.45, 2.75) is 19.4 Å². The van der Waals surface area contributed by atoms with Gasteiger partial charge in [-0.05, 0) is 6.42 Å². The Morgan fingerprint density at radius 2 is 2.55 bits per heavy atom. The summed E-state index contributed by atoms with van der Waals surface area (Å²) in [6.45, 7) is 3.45. The molecule has 0 aromatic heterocycles. The lowest BCUT2D eigenvalue weighted by atomic mass is 10.2. The minimum absolute atomic E-state index is 0.00231. The zero-order chi connectivity index (χ0) is 8.27. The number of carbonyl (C=O) groups is 1. The van der Waals surface area contributed by atoms with Gasteiger partial charge in [-0.2, -0.15) is 0 Å². The molecule has 64 valence electrons. The normalized spacial score (nSPS) is 20.2. The summed E-state index contributed by atoms with van der Waals surface area (Å²) < 4.78 is 0. The standard InChI is InChI=1S/C7H14N2O2/c1-2-6(5-10)9-4-3-8-7(9)11/h6,10H,2-5H2,1H3,(H,8,11)/t6-/m0/s1. The number of amides is 2. The van der Waals surface area contributed by atoms with E-state index >= 15 is 0 Å². The van der Waals surface area contributed by atoms with Gasteiger partial charge in [-0.15, -0.1) is 0 Å². The quantitative estimate of drug-likeness (QED) is 0.596. The van der Waals surface area contributed by atoms with Crippen LogP contribution in [0.3, 0.4) is 0 Å². The number of aliphatic hydroxyl groups excluding tert-OH is 1. The van der Waals surface area contributed by atoms with E-state index in [4.69, 9.17) is 5.11 Å². The van der Waals surface area contributed by atoms with E-state index in [0.717, 1.165) is 13.0 Å². The Morgan fingerprint density at radius 1 is 1.82 bits per heavy atom. The third kappa shape index (κ3) is 1.63. The van der Waals surface area contributed by atoms with Crippen molar-refractivity contribution in [1.82, 2.24) is 10.2 Å². The number of nitrogens with zero attached hydrogens (tertiary/aromatic N) is 1. The summed E-state index contributed by atoms with van der Waals surface area (Å²) in [5.41, 5.74) is 0. The first-order valence-corrected chi connectivity index (χ1v) is 3.95. The van der Waals surface area contributed by atoms with Gasteiger partial charge in [-0.1, -0.05) is 6.92 Å². The van der Waals surface area contributed by atoms with E-state index in [9.17, 15) is 4.79 Å². The highest BCUT2D eigenvalue weighted by atomic mass is 16.3. The first kappa shape index (κ1) is 8.33. The first-order chi connectivity index (χ1) is 5.29. The molecule has 2 amide bonds. The molecule has 0 unspecified atom stereocenters. The van der Waals surface area contributed by atoms with Crippen molar-refractivity contribution in [3.8, 4) is 0 Å². The van der Waals surface area contributed by atoms with Crippen LogP contribution in [0.25, 0.3) is 0 Å². The van der Waals surface area contributed by atoms with Crippen LogP contribution in [-0.4, -0.2) is 41.8 Å². The molecule has 2 N–H and O–H groups in total. The van der Waals surface area contributed by atoms with Crippen LogP contribution in [0.2, 0.25) is 0 Å². The largest absolute Gasteiger partial charge is 0.394 e. The van der Waals surface area contributed by atoms with Gasteiger partial charge in [0.1, 0.15) is 0 Å². The van der Waals surface area contributed by atoms with E-state index in [2.05, 4.69) is 5.32 Å². The number of nitrogens with one attached hydrogen (secondary N) is 1. The van der Waals surface area contributed by atoms with Gasteiger partial charge in [0.15, 0.2) is 0 Å². The molecule has 1 heterocycles. The number of hydrogen-bond acceptors (Lipinski definition) is 2. The van der Waals surface area contributed by atoms with Crippen molar-refractivity contribution in [3.63, 3.8) is 0 Å². The van der Waals surface area contributed by atoms with Gasteiger partial charge in [0.25, 0.3) is 0 Å². The molecule has 4 nitrogen and oxygen atoms in total. The Balaban J connectivity index is 2.49.